The molecule has 0 aliphatic carbocycles. The number of ketones is 1. The van der Waals surface area contributed by atoms with Crippen molar-refractivity contribution in [3.63, 3.8) is 0 Å². The fourth-order valence-electron chi connectivity index (χ4n) is 3.70. The van der Waals surface area contributed by atoms with E-state index in [4.69, 9.17) is 16.0 Å². The summed E-state index contributed by atoms with van der Waals surface area (Å²) < 4.78 is 33.0. The van der Waals surface area contributed by atoms with Gasteiger partial charge < -0.3 is 4.42 Å². The molecule has 0 atom stereocenters. The lowest BCUT2D eigenvalue weighted by molar-refractivity contribution is 0.103. The highest BCUT2D eigenvalue weighted by atomic mass is 35.5. The van der Waals surface area contributed by atoms with Gasteiger partial charge in [0.2, 0.25) is 0 Å². The van der Waals surface area contributed by atoms with Crippen molar-refractivity contribution in [2.24, 2.45) is 0 Å². The lowest BCUT2D eigenvalue weighted by Gasteiger charge is -2.09. The van der Waals surface area contributed by atoms with Crippen molar-refractivity contribution in [2.45, 2.75) is 4.90 Å². The monoisotopic (exact) mass is 489 g/mol. The van der Waals surface area contributed by atoms with Crippen LogP contribution in [0, 0.1) is 0 Å². The van der Waals surface area contributed by atoms with Crippen molar-refractivity contribution in [3.05, 3.63) is 118 Å². The summed E-state index contributed by atoms with van der Waals surface area (Å²) in [6.07, 6.45) is 0. The van der Waals surface area contributed by atoms with Gasteiger partial charge in [-0.05, 0) is 71.4 Å². The molecule has 5 rings (SSSR count). The first-order chi connectivity index (χ1) is 16.3. The van der Waals surface area contributed by atoms with Crippen LogP contribution < -0.4 is 10.3 Å². The lowest BCUT2D eigenvalue weighted by atomic mass is 10.0. The molecule has 34 heavy (non-hydrogen) atoms. The Morgan fingerprint density at radius 1 is 0.824 bits per heavy atom. The molecule has 0 aliphatic heterocycles. The number of rotatable bonds is 5. The Morgan fingerprint density at radius 3 is 2.26 bits per heavy atom. The number of carbonyl (C=O) groups is 1. The van der Waals surface area contributed by atoms with Crippen molar-refractivity contribution in [3.8, 4) is 0 Å². The van der Waals surface area contributed by atoms with Gasteiger partial charge in [0, 0.05) is 21.7 Å². The Morgan fingerprint density at radius 2 is 1.53 bits per heavy atom. The zero-order valence-electron chi connectivity index (χ0n) is 17.5. The normalized spacial score (nSPS) is 11.6. The van der Waals surface area contributed by atoms with Crippen LogP contribution in [0.25, 0.3) is 21.7 Å². The van der Waals surface area contributed by atoms with Gasteiger partial charge in [-0.2, -0.15) is 0 Å². The summed E-state index contributed by atoms with van der Waals surface area (Å²) >= 11 is 5.82. The van der Waals surface area contributed by atoms with E-state index in [1.54, 1.807) is 12.1 Å². The van der Waals surface area contributed by atoms with Gasteiger partial charge in [-0.25, -0.2) is 13.2 Å². The van der Waals surface area contributed by atoms with Crippen molar-refractivity contribution in [1.82, 2.24) is 0 Å². The molecule has 168 valence electrons. The largest absolute Gasteiger partial charge is 0.422 e. The highest BCUT2D eigenvalue weighted by molar-refractivity contribution is 7.92. The van der Waals surface area contributed by atoms with Crippen LogP contribution in [0.3, 0.4) is 0 Å². The highest BCUT2D eigenvalue weighted by Crippen LogP contribution is 2.26. The third-order valence-corrected chi connectivity index (χ3v) is 7.06. The minimum absolute atomic E-state index is 0.0538. The molecular formula is C26H16ClNO5S. The molecule has 6 nitrogen and oxygen atoms in total. The number of sulfonamides is 1. The Balaban J connectivity index is 1.46. The lowest BCUT2D eigenvalue weighted by Crippen LogP contribution is -2.15. The fourth-order valence-corrected chi connectivity index (χ4v) is 4.89. The van der Waals surface area contributed by atoms with Crippen LogP contribution in [0.15, 0.2) is 105 Å². The minimum Gasteiger partial charge on any atom is -0.422 e. The van der Waals surface area contributed by atoms with Gasteiger partial charge in [0.05, 0.1) is 4.90 Å². The standard InChI is InChI=1S/C26H16ClNO5S/c27-18-8-12-20(13-9-18)34(31,32)28-19-10-5-17(6-11-19)25(29)23-15-22-21-4-2-1-3-16(21)7-14-24(22)33-26(23)30/h1-15,28H. The summed E-state index contributed by atoms with van der Waals surface area (Å²) in [4.78, 5) is 25.7. The average molecular weight is 490 g/mol. The molecule has 0 spiro atoms. The number of carbonyl (C=O) groups excluding carboxylic acids is 1. The zero-order valence-corrected chi connectivity index (χ0v) is 19.1. The van der Waals surface area contributed by atoms with E-state index in [1.165, 1.54) is 48.5 Å². The van der Waals surface area contributed by atoms with Gasteiger partial charge in [0.15, 0.2) is 5.78 Å². The maximum Gasteiger partial charge on any atom is 0.347 e. The van der Waals surface area contributed by atoms with Crippen LogP contribution in [0.2, 0.25) is 5.02 Å². The molecule has 0 bridgehead atoms. The number of anilines is 1. The SMILES string of the molecule is O=C(c1ccc(NS(=O)(=O)c2ccc(Cl)cc2)cc1)c1cc2c(ccc3ccccc32)oc1=O. The summed E-state index contributed by atoms with van der Waals surface area (Å²) in [6, 6.07) is 24.3. The average Bonchev–Trinajstić information content (AvgIpc) is 2.83. The van der Waals surface area contributed by atoms with Crippen LogP contribution in [0.1, 0.15) is 15.9 Å². The highest BCUT2D eigenvalue weighted by Gasteiger charge is 2.18. The molecule has 1 aromatic heterocycles. The predicted octanol–water partition coefficient (Wildman–Crippen LogP) is 5.63. The molecule has 0 unspecified atom stereocenters. The third-order valence-electron chi connectivity index (χ3n) is 5.41. The summed E-state index contributed by atoms with van der Waals surface area (Å²) in [5.41, 5.74) is 0.0511. The topological polar surface area (TPSA) is 93.4 Å². The van der Waals surface area contributed by atoms with Crippen LogP contribution in [-0.4, -0.2) is 14.2 Å². The van der Waals surface area contributed by atoms with Crippen molar-refractivity contribution < 1.29 is 17.6 Å². The number of nitrogens with one attached hydrogen (secondary N) is 1. The van der Waals surface area contributed by atoms with E-state index in [0.29, 0.717) is 16.0 Å². The second kappa shape index (κ2) is 8.44. The third kappa shape index (κ3) is 4.07. The molecule has 0 saturated carbocycles. The number of fused-ring (bicyclic) bond motifs is 3. The van der Waals surface area contributed by atoms with E-state index in [0.717, 1.165) is 10.8 Å². The first kappa shape index (κ1) is 21.9. The number of hydrogen-bond acceptors (Lipinski definition) is 5. The summed E-state index contributed by atoms with van der Waals surface area (Å²) in [5, 5.41) is 2.91. The Hall–Kier alpha value is -3.94. The second-order valence-electron chi connectivity index (χ2n) is 7.61. The van der Waals surface area contributed by atoms with E-state index in [1.807, 2.05) is 30.3 Å². The molecule has 0 amide bonds. The van der Waals surface area contributed by atoms with Crippen molar-refractivity contribution >= 4 is 54.8 Å². The van der Waals surface area contributed by atoms with Crippen molar-refractivity contribution in [2.75, 3.05) is 4.72 Å². The Bertz CT molecular complexity index is 1720. The molecular weight excluding hydrogens is 474 g/mol. The van der Waals surface area contributed by atoms with Gasteiger partial charge >= 0.3 is 5.63 Å². The van der Waals surface area contributed by atoms with Crippen LogP contribution in [0.5, 0.6) is 0 Å². The minimum atomic E-state index is -3.83. The molecule has 1 N–H and O–H groups in total. The van der Waals surface area contributed by atoms with Crippen LogP contribution in [0.4, 0.5) is 5.69 Å². The van der Waals surface area contributed by atoms with Crippen molar-refractivity contribution in [1.29, 1.82) is 0 Å². The maximum absolute atomic E-state index is 13.1. The van der Waals surface area contributed by atoms with Gasteiger partial charge in [-0.1, -0.05) is 41.9 Å². The molecule has 0 aliphatic rings. The van der Waals surface area contributed by atoms with Crippen LogP contribution in [-0.2, 0) is 10.0 Å². The fraction of sp³-hybridized carbons (Fsp3) is 0. The summed E-state index contributed by atoms with van der Waals surface area (Å²) in [7, 11) is -3.83. The quantitative estimate of drug-likeness (QED) is 0.196. The number of halogens is 1. The molecule has 4 aromatic carbocycles. The first-order valence-corrected chi connectivity index (χ1v) is 12.1. The maximum atomic E-state index is 13.1. The summed E-state index contributed by atoms with van der Waals surface area (Å²) in [6.45, 7) is 0. The molecule has 1 heterocycles. The first-order valence-electron chi connectivity index (χ1n) is 10.2. The van der Waals surface area contributed by atoms with E-state index >= 15 is 0 Å². The molecule has 0 saturated heterocycles. The van der Waals surface area contributed by atoms with Crippen LogP contribution >= 0.6 is 11.6 Å². The molecule has 0 radical (unpaired) electrons. The van der Waals surface area contributed by atoms with E-state index in [9.17, 15) is 18.0 Å². The smallest absolute Gasteiger partial charge is 0.347 e. The second-order valence-corrected chi connectivity index (χ2v) is 9.73. The Kier molecular flexibility index (Phi) is 5.43. The molecule has 5 aromatic rings. The van der Waals surface area contributed by atoms with Gasteiger partial charge in [-0.3, -0.25) is 9.52 Å². The van der Waals surface area contributed by atoms with E-state index in [2.05, 4.69) is 4.72 Å². The van der Waals surface area contributed by atoms with E-state index < -0.39 is 21.4 Å². The summed E-state index contributed by atoms with van der Waals surface area (Å²) in [5.74, 6) is -0.518. The van der Waals surface area contributed by atoms with Gasteiger partial charge in [0.1, 0.15) is 11.1 Å². The van der Waals surface area contributed by atoms with E-state index in [-0.39, 0.29) is 21.7 Å². The van der Waals surface area contributed by atoms with Gasteiger partial charge in [0.25, 0.3) is 10.0 Å². The van der Waals surface area contributed by atoms with Gasteiger partial charge in [-0.15, -0.1) is 0 Å². The molecule has 0 fully saturated rings. The molecule has 8 heteroatoms. The predicted molar refractivity (Wildman–Crippen MR) is 132 cm³/mol. The Labute approximate surface area is 199 Å². The zero-order chi connectivity index (χ0) is 23.9. The number of benzene rings is 4. The number of hydrogen-bond donors (Lipinski definition) is 1.